The molecule has 0 radical (unpaired) electrons. The molecule has 0 unspecified atom stereocenters. The van der Waals surface area contributed by atoms with Crippen LogP contribution in [-0.4, -0.2) is 19.9 Å². The second-order valence-electron chi connectivity index (χ2n) is 4.91. The molecule has 0 fully saturated rings. The Labute approximate surface area is 116 Å². The molecule has 1 aromatic carbocycles. The molecule has 0 bridgehead atoms. The van der Waals surface area contributed by atoms with Gasteiger partial charge in [0.15, 0.2) is 5.82 Å². The average Bonchev–Trinajstić information content (AvgIpc) is 2.46. The lowest BCUT2D eigenvalue weighted by atomic mass is 10.1. The minimum atomic E-state index is 0.189. The number of nitrogens with zero attached hydrogens (tertiary/aromatic N) is 4. The van der Waals surface area contributed by atoms with Crippen molar-refractivity contribution in [2.24, 2.45) is 0 Å². The van der Waals surface area contributed by atoms with Gasteiger partial charge in [-0.1, -0.05) is 38.1 Å². The number of hydrogen-bond donors (Lipinski definition) is 1. The topological polar surface area (TPSA) is 77.6 Å². The van der Waals surface area contributed by atoms with Gasteiger partial charge in [-0.2, -0.15) is 9.97 Å². The predicted octanol–water partition coefficient (Wildman–Crippen LogP) is 2.79. The molecule has 100 valence electrons. The molecule has 0 aliphatic carbocycles. The molecule has 2 aromatic heterocycles. The maximum Gasteiger partial charge on any atom is 0.223 e. The Bertz CT molecular complexity index is 762. The van der Waals surface area contributed by atoms with Crippen molar-refractivity contribution in [3.05, 3.63) is 42.4 Å². The Morgan fingerprint density at radius 3 is 2.60 bits per heavy atom. The quantitative estimate of drug-likeness (QED) is 0.770. The second-order valence-corrected chi connectivity index (χ2v) is 4.91. The molecule has 5 nitrogen and oxygen atoms in total. The third kappa shape index (κ3) is 2.18. The van der Waals surface area contributed by atoms with Gasteiger partial charge in [0.1, 0.15) is 11.5 Å². The van der Waals surface area contributed by atoms with Crippen LogP contribution in [0.4, 0.5) is 5.95 Å². The van der Waals surface area contributed by atoms with Crippen LogP contribution in [0.15, 0.2) is 36.5 Å². The zero-order valence-corrected chi connectivity index (χ0v) is 11.4. The van der Waals surface area contributed by atoms with Gasteiger partial charge in [0.05, 0.1) is 0 Å². The summed E-state index contributed by atoms with van der Waals surface area (Å²) in [6.07, 6.45) is 1.76. The van der Waals surface area contributed by atoms with Crippen molar-refractivity contribution in [3.63, 3.8) is 0 Å². The molecule has 0 atom stereocenters. The first-order chi connectivity index (χ1) is 9.65. The van der Waals surface area contributed by atoms with Crippen LogP contribution in [0.25, 0.3) is 22.3 Å². The lowest BCUT2D eigenvalue weighted by Gasteiger charge is -2.08. The average molecular weight is 265 g/mol. The molecule has 0 saturated heterocycles. The van der Waals surface area contributed by atoms with Gasteiger partial charge in [-0.3, -0.25) is 4.98 Å². The van der Waals surface area contributed by atoms with Crippen LogP contribution < -0.4 is 5.73 Å². The van der Waals surface area contributed by atoms with E-state index in [1.807, 2.05) is 44.2 Å². The summed E-state index contributed by atoms with van der Waals surface area (Å²) in [5.74, 6) is 1.63. The molecular weight excluding hydrogens is 250 g/mol. The van der Waals surface area contributed by atoms with E-state index in [9.17, 15) is 0 Å². The summed E-state index contributed by atoms with van der Waals surface area (Å²) < 4.78 is 0. The minimum absolute atomic E-state index is 0.189. The normalized spacial score (nSPS) is 11.2. The summed E-state index contributed by atoms with van der Waals surface area (Å²) in [5.41, 5.74) is 6.52. The largest absolute Gasteiger partial charge is 0.368 e. The molecule has 5 heteroatoms. The van der Waals surface area contributed by atoms with Gasteiger partial charge in [-0.05, 0) is 11.5 Å². The van der Waals surface area contributed by atoms with Crippen LogP contribution in [0.3, 0.4) is 0 Å². The number of fused-ring (bicyclic) bond motifs is 1. The molecule has 3 rings (SSSR count). The van der Waals surface area contributed by atoms with E-state index in [0.717, 1.165) is 16.5 Å². The van der Waals surface area contributed by atoms with E-state index < -0.39 is 0 Å². The van der Waals surface area contributed by atoms with E-state index >= 15 is 0 Å². The maximum atomic E-state index is 5.79. The highest BCUT2D eigenvalue weighted by molar-refractivity contribution is 5.92. The predicted molar refractivity (Wildman–Crippen MR) is 79.1 cm³/mol. The molecule has 2 N–H and O–H groups in total. The van der Waals surface area contributed by atoms with Crippen LogP contribution in [0.1, 0.15) is 25.6 Å². The van der Waals surface area contributed by atoms with E-state index in [4.69, 9.17) is 5.73 Å². The van der Waals surface area contributed by atoms with Crippen molar-refractivity contribution >= 4 is 16.7 Å². The smallest absolute Gasteiger partial charge is 0.223 e. The number of anilines is 1. The zero-order chi connectivity index (χ0) is 14.1. The fraction of sp³-hybridized carbons (Fsp3) is 0.200. The van der Waals surface area contributed by atoms with Crippen molar-refractivity contribution in [1.82, 2.24) is 19.9 Å². The van der Waals surface area contributed by atoms with Crippen LogP contribution in [0.5, 0.6) is 0 Å². The fourth-order valence-corrected chi connectivity index (χ4v) is 2.07. The van der Waals surface area contributed by atoms with Gasteiger partial charge in [0.2, 0.25) is 5.95 Å². The van der Waals surface area contributed by atoms with Crippen molar-refractivity contribution in [2.45, 2.75) is 19.8 Å². The summed E-state index contributed by atoms with van der Waals surface area (Å²) in [7, 11) is 0. The second kappa shape index (κ2) is 4.85. The van der Waals surface area contributed by atoms with E-state index in [1.165, 1.54) is 0 Å². The minimum Gasteiger partial charge on any atom is -0.368 e. The molecule has 0 aliphatic heterocycles. The molecular formula is C15H15N5. The number of nitrogen functional groups attached to an aromatic ring is 1. The van der Waals surface area contributed by atoms with Crippen LogP contribution in [0, 0.1) is 0 Å². The first-order valence-corrected chi connectivity index (χ1v) is 6.50. The Kier molecular flexibility index (Phi) is 3.02. The van der Waals surface area contributed by atoms with E-state index in [0.29, 0.717) is 11.6 Å². The number of benzene rings is 1. The van der Waals surface area contributed by atoms with Gasteiger partial charge in [0, 0.05) is 17.5 Å². The fourth-order valence-electron chi connectivity index (χ4n) is 2.07. The van der Waals surface area contributed by atoms with Crippen LogP contribution in [0.2, 0.25) is 0 Å². The Balaban J connectivity index is 2.25. The zero-order valence-electron chi connectivity index (χ0n) is 11.4. The number of hydrogen-bond acceptors (Lipinski definition) is 5. The van der Waals surface area contributed by atoms with Crippen molar-refractivity contribution in [2.75, 3.05) is 5.73 Å². The van der Waals surface area contributed by atoms with E-state index in [-0.39, 0.29) is 11.9 Å². The Hall–Kier alpha value is -2.56. The van der Waals surface area contributed by atoms with E-state index in [1.54, 1.807) is 6.20 Å². The van der Waals surface area contributed by atoms with Gasteiger partial charge in [-0.25, -0.2) is 4.98 Å². The summed E-state index contributed by atoms with van der Waals surface area (Å²) in [6.45, 7) is 4.05. The third-order valence-corrected chi connectivity index (χ3v) is 3.07. The monoisotopic (exact) mass is 265 g/mol. The summed E-state index contributed by atoms with van der Waals surface area (Å²) in [6, 6.07) is 9.97. The lowest BCUT2D eigenvalue weighted by molar-refractivity contribution is 0.766. The molecule has 2 heterocycles. The molecule has 0 aliphatic rings. The van der Waals surface area contributed by atoms with Crippen LogP contribution in [-0.2, 0) is 0 Å². The summed E-state index contributed by atoms with van der Waals surface area (Å²) in [5, 5.41) is 2.11. The van der Waals surface area contributed by atoms with Crippen molar-refractivity contribution in [3.8, 4) is 11.5 Å². The highest BCUT2D eigenvalue weighted by atomic mass is 15.1. The number of nitrogens with two attached hydrogens (primary N) is 1. The maximum absolute atomic E-state index is 5.79. The SMILES string of the molecule is CC(C)c1nc(N)nc(-c2nccc3ccccc23)n1. The number of pyridine rings is 1. The first kappa shape index (κ1) is 12.5. The standard InChI is InChI=1S/C15H15N5/c1-9(2)13-18-14(20-15(16)19-13)12-11-6-4-3-5-10(11)7-8-17-12/h3-9H,1-2H3,(H2,16,18,19,20). The highest BCUT2D eigenvalue weighted by Crippen LogP contribution is 2.24. The Morgan fingerprint density at radius 2 is 1.80 bits per heavy atom. The van der Waals surface area contributed by atoms with Crippen LogP contribution >= 0.6 is 0 Å². The lowest BCUT2D eigenvalue weighted by Crippen LogP contribution is -2.07. The molecule has 20 heavy (non-hydrogen) atoms. The number of rotatable bonds is 2. The van der Waals surface area contributed by atoms with Gasteiger partial charge in [0.25, 0.3) is 0 Å². The van der Waals surface area contributed by atoms with Crippen molar-refractivity contribution in [1.29, 1.82) is 0 Å². The van der Waals surface area contributed by atoms with Gasteiger partial charge >= 0.3 is 0 Å². The van der Waals surface area contributed by atoms with Crippen molar-refractivity contribution < 1.29 is 0 Å². The van der Waals surface area contributed by atoms with Gasteiger partial charge in [-0.15, -0.1) is 0 Å². The summed E-state index contributed by atoms with van der Waals surface area (Å²) >= 11 is 0. The summed E-state index contributed by atoms with van der Waals surface area (Å²) in [4.78, 5) is 17.3. The number of aromatic nitrogens is 4. The van der Waals surface area contributed by atoms with E-state index in [2.05, 4.69) is 19.9 Å². The third-order valence-electron chi connectivity index (χ3n) is 3.07. The highest BCUT2D eigenvalue weighted by Gasteiger charge is 2.12. The molecule has 0 spiro atoms. The molecule has 3 aromatic rings. The Morgan fingerprint density at radius 1 is 1.00 bits per heavy atom. The first-order valence-electron chi connectivity index (χ1n) is 6.50. The molecule has 0 amide bonds. The molecule has 0 saturated carbocycles. The van der Waals surface area contributed by atoms with Gasteiger partial charge < -0.3 is 5.73 Å².